The Morgan fingerprint density at radius 1 is 1.05 bits per heavy atom. The second kappa shape index (κ2) is 5.90. The van der Waals surface area contributed by atoms with Crippen molar-refractivity contribution < 1.29 is 8.78 Å². The highest BCUT2D eigenvalue weighted by atomic mass is 35.5. The maximum atomic E-state index is 14.3. The van der Waals surface area contributed by atoms with Crippen molar-refractivity contribution in [3.05, 3.63) is 69.2 Å². The smallest absolute Gasteiger partial charge is 0.128 e. The van der Waals surface area contributed by atoms with Gasteiger partial charge in [-0.05, 0) is 56.3 Å². The van der Waals surface area contributed by atoms with Crippen molar-refractivity contribution in [2.75, 3.05) is 7.05 Å². The van der Waals surface area contributed by atoms with Crippen LogP contribution < -0.4 is 5.32 Å². The fourth-order valence-corrected chi connectivity index (χ4v) is 2.66. The summed E-state index contributed by atoms with van der Waals surface area (Å²) < 4.78 is 28.3. The molecule has 0 aliphatic carbocycles. The van der Waals surface area contributed by atoms with Gasteiger partial charge in [-0.1, -0.05) is 17.7 Å². The second-order valence-electron chi connectivity index (χ2n) is 4.86. The predicted molar refractivity (Wildman–Crippen MR) is 78.2 cm³/mol. The summed E-state index contributed by atoms with van der Waals surface area (Å²) in [5, 5.41) is 3.39. The Kier molecular flexibility index (Phi) is 4.41. The van der Waals surface area contributed by atoms with Gasteiger partial charge in [0.1, 0.15) is 11.6 Å². The highest BCUT2D eigenvalue weighted by molar-refractivity contribution is 6.30. The van der Waals surface area contributed by atoms with Crippen LogP contribution in [0.5, 0.6) is 0 Å². The zero-order valence-corrected chi connectivity index (χ0v) is 12.4. The van der Waals surface area contributed by atoms with Gasteiger partial charge < -0.3 is 5.32 Å². The Morgan fingerprint density at radius 3 is 2.35 bits per heavy atom. The average Bonchev–Trinajstić information content (AvgIpc) is 2.37. The van der Waals surface area contributed by atoms with Crippen LogP contribution in [0, 0.1) is 25.5 Å². The first kappa shape index (κ1) is 14.9. The van der Waals surface area contributed by atoms with Gasteiger partial charge in [0, 0.05) is 16.1 Å². The number of aryl methyl sites for hydroxylation is 2. The molecule has 106 valence electrons. The highest BCUT2D eigenvalue weighted by Crippen LogP contribution is 2.31. The first-order chi connectivity index (χ1) is 9.43. The van der Waals surface area contributed by atoms with Crippen LogP contribution in [0.25, 0.3) is 0 Å². The topological polar surface area (TPSA) is 12.0 Å². The van der Waals surface area contributed by atoms with E-state index in [1.807, 2.05) is 19.9 Å². The van der Waals surface area contributed by atoms with E-state index in [2.05, 4.69) is 5.32 Å². The normalized spacial score (nSPS) is 12.5. The maximum absolute atomic E-state index is 14.3. The third-order valence-corrected chi connectivity index (χ3v) is 3.56. The molecule has 0 aliphatic rings. The van der Waals surface area contributed by atoms with Crippen molar-refractivity contribution in [3.8, 4) is 0 Å². The maximum Gasteiger partial charge on any atom is 0.128 e. The molecule has 20 heavy (non-hydrogen) atoms. The molecule has 1 atom stereocenters. The molecule has 1 unspecified atom stereocenters. The van der Waals surface area contributed by atoms with Crippen LogP contribution in [-0.4, -0.2) is 7.05 Å². The minimum absolute atomic E-state index is 0.339. The van der Waals surface area contributed by atoms with Gasteiger partial charge in [-0.2, -0.15) is 0 Å². The number of benzene rings is 2. The van der Waals surface area contributed by atoms with E-state index >= 15 is 0 Å². The van der Waals surface area contributed by atoms with Gasteiger partial charge >= 0.3 is 0 Å². The van der Waals surface area contributed by atoms with E-state index in [0.717, 1.165) is 11.1 Å². The zero-order valence-electron chi connectivity index (χ0n) is 11.6. The molecule has 0 fully saturated rings. The Morgan fingerprint density at radius 2 is 1.75 bits per heavy atom. The molecule has 0 saturated heterocycles. The van der Waals surface area contributed by atoms with Gasteiger partial charge in [0.05, 0.1) is 6.04 Å². The lowest BCUT2D eigenvalue weighted by Gasteiger charge is -2.21. The summed E-state index contributed by atoms with van der Waals surface area (Å²) in [5.41, 5.74) is 2.40. The van der Waals surface area contributed by atoms with Gasteiger partial charge in [0.2, 0.25) is 0 Å². The summed E-state index contributed by atoms with van der Waals surface area (Å²) in [5.74, 6) is -0.755. The molecule has 1 N–H and O–H groups in total. The lowest BCUT2D eigenvalue weighted by molar-refractivity contribution is 0.544. The van der Waals surface area contributed by atoms with Crippen molar-refractivity contribution in [2.24, 2.45) is 0 Å². The van der Waals surface area contributed by atoms with E-state index in [-0.39, 0.29) is 5.82 Å². The molecule has 4 heteroatoms. The van der Waals surface area contributed by atoms with Crippen LogP contribution in [0.3, 0.4) is 0 Å². The standard InChI is InChI=1S/C16H16ClF2N/c1-9-6-10(2)15(14(19)7-9)16(20-3)12-8-11(17)4-5-13(12)18/h4-8,16,20H,1-3H3. The monoisotopic (exact) mass is 295 g/mol. The Bertz CT molecular complexity index is 617. The molecule has 0 radical (unpaired) electrons. The number of rotatable bonds is 3. The first-order valence-electron chi connectivity index (χ1n) is 6.33. The molecule has 0 heterocycles. The lowest BCUT2D eigenvalue weighted by Crippen LogP contribution is -2.21. The molecule has 0 spiro atoms. The summed E-state index contributed by atoms with van der Waals surface area (Å²) in [6.45, 7) is 3.65. The van der Waals surface area contributed by atoms with Gasteiger partial charge in [-0.15, -0.1) is 0 Å². The molecule has 0 aliphatic heterocycles. The lowest BCUT2D eigenvalue weighted by atomic mass is 9.93. The van der Waals surface area contributed by atoms with E-state index in [1.165, 1.54) is 24.3 Å². The van der Waals surface area contributed by atoms with Gasteiger partial charge in [-0.25, -0.2) is 8.78 Å². The van der Waals surface area contributed by atoms with Gasteiger partial charge in [-0.3, -0.25) is 0 Å². The predicted octanol–water partition coefficient (Wildman–Crippen LogP) is 4.54. The van der Waals surface area contributed by atoms with E-state index in [9.17, 15) is 8.78 Å². The third-order valence-electron chi connectivity index (χ3n) is 3.33. The fourth-order valence-electron chi connectivity index (χ4n) is 2.48. The van der Waals surface area contributed by atoms with Crippen molar-refractivity contribution in [1.82, 2.24) is 5.32 Å². The number of halogens is 3. The Labute approximate surface area is 122 Å². The molecule has 0 saturated carbocycles. The summed E-state index contributed by atoms with van der Waals surface area (Å²) in [4.78, 5) is 0. The van der Waals surface area contributed by atoms with Crippen molar-refractivity contribution >= 4 is 11.6 Å². The molecule has 2 aromatic rings. The average molecular weight is 296 g/mol. The second-order valence-corrected chi connectivity index (χ2v) is 5.30. The summed E-state index contributed by atoms with van der Waals surface area (Å²) in [7, 11) is 1.67. The molecule has 0 amide bonds. The Hall–Kier alpha value is -1.45. The van der Waals surface area contributed by atoms with Crippen LogP contribution in [0.1, 0.15) is 28.3 Å². The van der Waals surface area contributed by atoms with Gasteiger partial charge in [0.25, 0.3) is 0 Å². The van der Waals surface area contributed by atoms with Crippen molar-refractivity contribution in [1.29, 1.82) is 0 Å². The summed E-state index contributed by atoms with van der Waals surface area (Å²) in [6.07, 6.45) is 0. The van der Waals surface area contributed by atoms with E-state index in [1.54, 1.807) is 7.05 Å². The molecule has 1 nitrogen and oxygen atoms in total. The third kappa shape index (κ3) is 2.84. The van der Waals surface area contributed by atoms with Crippen molar-refractivity contribution in [2.45, 2.75) is 19.9 Å². The molecule has 2 rings (SSSR count). The quantitative estimate of drug-likeness (QED) is 0.876. The molecular weight excluding hydrogens is 280 g/mol. The number of hydrogen-bond acceptors (Lipinski definition) is 1. The Balaban J connectivity index is 2.61. The minimum Gasteiger partial charge on any atom is -0.309 e. The zero-order chi connectivity index (χ0) is 14.9. The van der Waals surface area contributed by atoms with Gasteiger partial charge in [0.15, 0.2) is 0 Å². The SMILES string of the molecule is CNC(c1cc(Cl)ccc1F)c1c(C)cc(C)cc1F. The van der Waals surface area contributed by atoms with E-state index in [4.69, 9.17) is 11.6 Å². The van der Waals surface area contributed by atoms with E-state index in [0.29, 0.717) is 16.1 Å². The van der Waals surface area contributed by atoms with Crippen LogP contribution in [0.4, 0.5) is 8.78 Å². The van der Waals surface area contributed by atoms with Crippen molar-refractivity contribution in [3.63, 3.8) is 0 Å². The minimum atomic E-state index is -0.575. The van der Waals surface area contributed by atoms with Crippen LogP contribution in [0.2, 0.25) is 5.02 Å². The van der Waals surface area contributed by atoms with Crippen LogP contribution >= 0.6 is 11.6 Å². The highest BCUT2D eigenvalue weighted by Gasteiger charge is 2.22. The summed E-state index contributed by atoms with van der Waals surface area (Å²) >= 11 is 5.92. The largest absolute Gasteiger partial charge is 0.309 e. The molecule has 0 bridgehead atoms. The number of nitrogens with one attached hydrogen (secondary N) is 1. The molecule has 0 aromatic heterocycles. The van der Waals surface area contributed by atoms with Crippen LogP contribution in [0.15, 0.2) is 30.3 Å². The number of hydrogen-bond donors (Lipinski definition) is 1. The molecular formula is C16H16ClF2N. The first-order valence-corrected chi connectivity index (χ1v) is 6.70. The fraction of sp³-hybridized carbons (Fsp3) is 0.250. The molecule has 2 aromatic carbocycles. The van der Waals surface area contributed by atoms with E-state index < -0.39 is 11.9 Å². The van der Waals surface area contributed by atoms with Crippen LogP contribution in [-0.2, 0) is 0 Å². The summed E-state index contributed by atoms with van der Waals surface area (Å²) in [6, 6.07) is 7.06.